The van der Waals surface area contributed by atoms with Crippen molar-refractivity contribution in [3.05, 3.63) is 35.9 Å². The van der Waals surface area contributed by atoms with Crippen LogP contribution >= 0.6 is 0 Å². The van der Waals surface area contributed by atoms with Crippen molar-refractivity contribution in [2.24, 2.45) is 5.92 Å². The fraction of sp³-hybridized carbons (Fsp3) is 0.467. The molecule has 0 fully saturated rings. The standard InChI is InChI=1S/C15H22N2O3/c1-11(2)13(14(18)16(3)4)17(15(19)20)10-12-8-6-5-7-9-12/h5-9,11,13H,10H2,1-4H3,(H,19,20)/t13-/m0/s1. The van der Waals surface area contributed by atoms with Gasteiger partial charge in [0, 0.05) is 20.6 Å². The molecule has 0 aliphatic heterocycles. The molecule has 0 radical (unpaired) electrons. The molecule has 5 heteroatoms. The van der Waals surface area contributed by atoms with Crippen molar-refractivity contribution < 1.29 is 14.7 Å². The molecule has 1 rings (SSSR count). The second kappa shape index (κ2) is 6.93. The van der Waals surface area contributed by atoms with Gasteiger partial charge in [0.25, 0.3) is 0 Å². The fourth-order valence-electron chi connectivity index (χ4n) is 2.11. The second-order valence-electron chi connectivity index (χ2n) is 5.32. The average Bonchev–Trinajstić information content (AvgIpc) is 2.38. The van der Waals surface area contributed by atoms with Crippen LogP contribution < -0.4 is 0 Å². The van der Waals surface area contributed by atoms with E-state index in [4.69, 9.17) is 0 Å². The Hall–Kier alpha value is -2.04. The lowest BCUT2D eigenvalue weighted by atomic mass is 10.0. The molecule has 5 nitrogen and oxygen atoms in total. The molecule has 0 unspecified atom stereocenters. The minimum atomic E-state index is -1.08. The second-order valence-corrected chi connectivity index (χ2v) is 5.32. The summed E-state index contributed by atoms with van der Waals surface area (Å²) in [7, 11) is 3.28. The molecule has 0 heterocycles. The number of hydrogen-bond acceptors (Lipinski definition) is 2. The summed E-state index contributed by atoms with van der Waals surface area (Å²) in [5, 5.41) is 9.44. The third kappa shape index (κ3) is 3.98. The predicted molar refractivity (Wildman–Crippen MR) is 77.3 cm³/mol. The van der Waals surface area contributed by atoms with E-state index >= 15 is 0 Å². The van der Waals surface area contributed by atoms with E-state index in [9.17, 15) is 14.7 Å². The van der Waals surface area contributed by atoms with E-state index in [-0.39, 0.29) is 18.4 Å². The Kier molecular flexibility index (Phi) is 5.55. The zero-order valence-electron chi connectivity index (χ0n) is 12.4. The van der Waals surface area contributed by atoms with Crippen LogP contribution in [0.4, 0.5) is 4.79 Å². The van der Waals surface area contributed by atoms with Gasteiger partial charge in [0.2, 0.25) is 5.91 Å². The van der Waals surface area contributed by atoms with E-state index in [0.29, 0.717) is 0 Å². The molecule has 0 aromatic heterocycles. The van der Waals surface area contributed by atoms with Gasteiger partial charge < -0.3 is 10.0 Å². The Labute approximate surface area is 119 Å². The van der Waals surface area contributed by atoms with Crippen molar-refractivity contribution in [3.8, 4) is 0 Å². The van der Waals surface area contributed by atoms with Crippen molar-refractivity contribution in [1.82, 2.24) is 9.80 Å². The highest BCUT2D eigenvalue weighted by atomic mass is 16.4. The smallest absolute Gasteiger partial charge is 0.408 e. The van der Waals surface area contributed by atoms with Gasteiger partial charge in [-0.15, -0.1) is 0 Å². The lowest BCUT2D eigenvalue weighted by Gasteiger charge is -2.33. The van der Waals surface area contributed by atoms with Crippen LogP contribution in [0.5, 0.6) is 0 Å². The van der Waals surface area contributed by atoms with Crippen molar-refractivity contribution >= 4 is 12.0 Å². The minimum Gasteiger partial charge on any atom is -0.465 e. The third-order valence-electron chi connectivity index (χ3n) is 3.10. The number of carbonyl (C=O) groups is 2. The average molecular weight is 278 g/mol. The van der Waals surface area contributed by atoms with Gasteiger partial charge in [-0.25, -0.2) is 4.79 Å². The molecular formula is C15H22N2O3. The molecule has 0 aliphatic rings. The van der Waals surface area contributed by atoms with Gasteiger partial charge >= 0.3 is 6.09 Å². The minimum absolute atomic E-state index is 0.0929. The first-order valence-electron chi connectivity index (χ1n) is 6.59. The van der Waals surface area contributed by atoms with Crippen LogP contribution in [-0.2, 0) is 11.3 Å². The monoisotopic (exact) mass is 278 g/mol. The molecule has 0 bridgehead atoms. The van der Waals surface area contributed by atoms with Crippen LogP contribution in [0.3, 0.4) is 0 Å². The maximum absolute atomic E-state index is 12.2. The molecule has 110 valence electrons. The first-order chi connectivity index (χ1) is 9.34. The third-order valence-corrected chi connectivity index (χ3v) is 3.10. The maximum atomic E-state index is 12.2. The molecule has 0 spiro atoms. The van der Waals surface area contributed by atoms with E-state index in [1.165, 1.54) is 9.80 Å². The van der Waals surface area contributed by atoms with Gasteiger partial charge in [-0.1, -0.05) is 44.2 Å². The van der Waals surface area contributed by atoms with E-state index in [1.54, 1.807) is 14.1 Å². The predicted octanol–water partition coefficient (Wildman–Crippen LogP) is 2.28. The highest BCUT2D eigenvalue weighted by Gasteiger charge is 2.33. The van der Waals surface area contributed by atoms with Gasteiger partial charge in [0.1, 0.15) is 6.04 Å². The fourth-order valence-corrected chi connectivity index (χ4v) is 2.11. The highest BCUT2D eigenvalue weighted by molar-refractivity contribution is 5.85. The largest absolute Gasteiger partial charge is 0.465 e. The zero-order chi connectivity index (χ0) is 15.3. The lowest BCUT2D eigenvalue weighted by molar-refractivity contribution is -0.135. The molecule has 20 heavy (non-hydrogen) atoms. The van der Waals surface area contributed by atoms with Crippen LogP contribution in [0.25, 0.3) is 0 Å². The van der Waals surface area contributed by atoms with Gasteiger partial charge in [-0.05, 0) is 11.5 Å². The molecule has 0 saturated heterocycles. The van der Waals surface area contributed by atoms with Crippen molar-refractivity contribution in [1.29, 1.82) is 0 Å². The van der Waals surface area contributed by atoms with Gasteiger partial charge in [0.05, 0.1) is 0 Å². The SMILES string of the molecule is CC(C)[C@@H](C(=O)N(C)C)N(Cc1ccccc1)C(=O)O. The molecule has 1 N–H and O–H groups in total. The number of carboxylic acid groups (broad SMARTS) is 1. The summed E-state index contributed by atoms with van der Waals surface area (Å²) < 4.78 is 0. The number of rotatable bonds is 5. The summed E-state index contributed by atoms with van der Waals surface area (Å²) in [5.74, 6) is -0.289. The maximum Gasteiger partial charge on any atom is 0.408 e. The number of hydrogen-bond donors (Lipinski definition) is 1. The molecule has 0 saturated carbocycles. The summed E-state index contributed by atoms with van der Waals surface area (Å²) >= 11 is 0. The lowest BCUT2D eigenvalue weighted by Crippen LogP contribution is -2.51. The number of amides is 2. The Bertz CT molecular complexity index is 457. The Morgan fingerprint density at radius 3 is 2.10 bits per heavy atom. The number of carbonyl (C=O) groups excluding carboxylic acids is 1. The van der Waals surface area contributed by atoms with E-state index < -0.39 is 12.1 Å². The Balaban J connectivity index is 3.03. The summed E-state index contributed by atoms with van der Waals surface area (Å²) in [6, 6.07) is 8.62. The molecule has 0 aliphatic carbocycles. The van der Waals surface area contributed by atoms with Crippen molar-refractivity contribution in [2.45, 2.75) is 26.4 Å². The molecular weight excluding hydrogens is 256 g/mol. The van der Waals surface area contributed by atoms with Crippen LogP contribution in [0.2, 0.25) is 0 Å². The zero-order valence-corrected chi connectivity index (χ0v) is 12.4. The summed E-state index contributed by atoms with van der Waals surface area (Å²) in [6.07, 6.45) is -1.08. The summed E-state index contributed by atoms with van der Waals surface area (Å²) in [4.78, 5) is 26.4. The van der Waals surface area contributed by atoms with E-state index in [2.05, 4.69) is 0 Å². The van der Waals surface area contributed by atoms with Crippen LogP contribution in [0, 0.1) is 5.92 Å². The number of nitrogens with zero attached hydrogens (tertiary/aromatic N) is 2. The molecule has 1 aromatic rings. The summed E-state index contributed by atoms with van der Waals surface area (Å²) in [5.41, 5.74) is 0.868. The Morgan fingerprint density at radius 1 is 1.15 bits per heavy atom. The first-order valence-corrected chi connectivity index (χ1v) is 6.59. The van der Waals surface area contributed by atoms with Crippen LogP contribution in [-0.4, -0.2) is 47.0 Å². The topological polar surface area (TPSA) is 60.9 Å². The summed E-state index contributed by atoms with van der Waals surface area (Å²) in [6.45, 7) is 3.92. The molecule has 1 aromatic carbocycles. The van der Waals surface area contributed by atoms with Gasteiger partial charge in [0.15, 0.2) is 0 Å². The van der Waals surface area contributed by atoms with Crippen molar-refractivity contribution in [2.75, 3.05) is 14.1 Å². The van der Waals surface area contributed by atoms with Gasteiger partial charge in [-0.3, -0.25) is 9.69 Å². The van der Waals surface area contributed by atoms with Crippen LogP contribution in [0.15, 0.2) is 30.3 Å². The molecule has 2 amide bonds. The normalized spacial score (nSPS) is 12.1. The van der Waals surface area contributed by atoms with Crippen molar-refractivity contribution in [3.63, 3.8) is 0 Å². The molecule has 1 atom stereocenters. The quantitative estimate of drug-likeness (QED) is 0.899. The first kappa shape index (κ1) is 16.0. The van der Waals surface area contributed by atoms with E-state index in [1.807, 2.05) is 44.2 Å². The highest BCUT2D eigenvalue weighted by Crippen LogP contribution is 2.17. The number of likely N-dealkylation sites (N-methyl/N-ethyl adjacent to an activating group) is 1. The number of benzene rings is 1. The van der Waals surface area contributed by atoms with Crippen LogP contribution in [0.1, 0.15) is 19.4 Å². The Morgan fingerprint density at radius 2 is 1.70 bits per heavy atom. The van der Waals surface area contributed by atoms with E-state index in [0.717, 1.165) is 5.56 Å². The van der Waals surface area contributed by atoms with Gasteiger partial charge in [-0.2, -0.15) is 0 Å².